The van der Waals surface area contributed by atoms with E-state index in [0.29, 0.717) is 13.0 Å². The second kappa shape index (κ2) is 7.73. The Morgan fingerprint density at radius 1 is 1.26 bits per heavy atom. The Kier molecular flexibility index (Phi) is 6.52. The summed E-state index contributed by atoms with van der Waals surface area (Å²) in [5, 5.41) is 0.0928. The van der Waals surface area contributed by atoms with E-state index >= 15 is 0 Å². The molecular formula is C20H39NO4Si2. The summed E-state index contributed by atoms with van der Waals surface area (Å²) in [5.41, 5.74) is 0. The summed E-state index contributed by atoms with van der Waals surface area (Å²) in [6, 6.07) is -0.0411. The number of carbonyl (C=O) groups excluding carboxylic acids is 2. The summed E-state index contributed by atoms with van der Waals surface area (Å²) in [5.74, 6) is 0.111. The van der Waals surface area contributed by atoms with Crippen LogP contribution < -0.4 is 0 Å². The van der Waals surface area contributed by atoms with E-state index < -0.39 is 16.6 Å². The molecule has 0 aromatic carbocycles. The van der Waals surface area contributed by atoms with Crippen LogP contribution in [0.15, 0.2) is 0 Å². The van der Waals surface area contributed by atoms with Crippen molar-refractivity contribution in [3.63, 3.8) is 0 Å². The molecule has 2 heterocycles. The molecular weight excluding hydrogens is 374 g/mol. The number of rotatable bonds is 7. The molecule has 2 fully saturated rings. The van der Waals surface area contributed by atoms with Gasteiger partial charge >= 0.3 is 0 Å². The molecule has 1 amide bonds. The molecule has 5 nitrogen and oxygen atoms in total. The van der Waals surface area contributed by atoms with Gasteiger partial charge < -0.3 is 13.7 Å². The highest BCUT2D eigenvalue weighted by atomic mass is 28.4. The van der Waals surface area contributed by atoms with Gasteiger partial charge in [0.25, 0.3) is 0 Å². The van der Waals surface area contributed by atoms with E-state index in [1.54, 1.807) is 0 Å². The third-order valence-corrected chi connectivity index (χ3v) is 13.1. The number of ether oxygens (including phenoxy) is 1. The molecule has 0 aromatic rings. The molecule has 0 N–H and O–H groups in total. The standard InChI is InChI=1S/C20H39NO4Si2/c1-14(25-27(8,9)20(2,3)4)18-15(21(19(18)23)26(5,6)7)13-16(22)17-11-10-12-24-17/h14-15,17-18H,10-13H2,1-9H3/t14-,15-,17-,18-/m1/s1. The van der Waals surface area contributed by atoms with Gasteiger partial charge in [0.2, 0.25) is 5.91 Å². The molecule has 0 aromatic heterocycles. The molecule has 2 aliphatic heterocycles. The number of hydrogen-bond acceptors (Lipinski definition) is 4. The molecule has 0 unspecified atom stereocenters. The van der Waals surface area contributed by atoms with E-state index in [1.807, 2.05) is 11.5 Å². The second-order valence-electron chi connectivity index (χ2n) is 10.7. The van der Waals surface area contributed by atoms with Crippen LogP contribution in [-0.4, -0.2) is 57.7 Å². The number of hydrogen-bond donors (Lipinski definition) is 0. The summed E-state index contributed by atoms with van der Waals surface area (Å²) in [7, 11) is -3.82. The molecule has 2 rings (SSSR count). The number of amides is 1. The Morgan fingerprint density at radius 2 is 1.85 bits per heavy atom. The number of ketones is 1. The largest absolute Gasteiger partial charge is 0.413 e. The molecule has 27 heavy (non-hydrogen) atoms. The van der Waals surface area contributed by atoms with Crippen molar-refractivity contribution in [3.05, 3.63) is 0 Å². The Bertz CT molecular complexity index is 574. The quantitative estimate of drug-likeness (QED) is 0.464. The van der Waals surface area contributed by atoms with Crippen LogP contribution in [0.25, 0.3) is 0 Å². The van der Waals surface area contributed by atoms with Crippen LogP contribution in [0, 0.1) is 5.92 Å². The number of carbonyl (C=O) groups is 2. The molecule has 0 spiro atoms. The maximum absolute atomic E-state index is 13.1. The first kappa shape index (κ1) is 22.8. The van der Waals surface area contributed by atoms with Gasteiger partial charge in [-0.15, -0.1) is 0 Å². The smallest absolute Gasteiger partial charge is 0.222 e. The first-order valence-electron chi connectivity index (χ1n) is 10.3. The van der Waals surface area contributed by atoms with E-state index in [4.69, 9.17) is 9.16 Å². The second-order valence-corrected chi connectivity index (χ2v) is 20.3. The minimum atomic E-state index is -1.97. The van der Waals surface area contributed by atoms with Crippen LogP contribution in [0.3, 0.4) is 0 Å². The summed E-state index contributed by atoms with van der Waals surface area (Å²) >= 11 is 0. The Hall–Kier alpha value is -0.506. The van der Waals surface area contributed by atoms with Crippen molar-refractivity contribution in [2.75, 3.05) is 6.61 Å². The van der Waals surface area contributed by atoms with E-state index in [9.17, 15) is 9.59 Å². The van der Waals surface area contributed by atoms with Gasteiger partial charge in [-0.25, -0.2) is 0 Å². The van der Waals surface area contributed by atoms with E-state index in [0.717, 1.165) is 12.8 Å². The molecule has 0 radical (unpaired) electrons. The van der Waals surface area contributed by atoms with Gasteiger partial charge in [0, 0.05) is 19.1 Å². The van der Waals surface area contributed by atoms with Crippen molar-refractivity contribution in [2.24, 2.45) is 5.92 Å². The minimum absolute atomic E-state index is 0.0411. The predicted molar refractivity (Wildman–Crippen MR) is 114 cm³/mol. The molecule has 4 atom stereocenters. The SMILES string of the molecule is C[C@@H](O[Si](C)(C)C(C)(C)C)[C@H]1C(=O)N([Si](C)(C)C)[C@@H]1CC(=O)[C@H]1CCCO1. The highest BCUT2D eigenvalue weighted by Crippen LogP contribution is 2.42. The number of Topliss-reactive ketones (excluding diaryl/α,β-unsaturated/α-hetero) is 1. The normalized spacial score (nSPS) is 28.3. The average molecular weight is 414 g/mol. The zero-order valence-electron chi connectivity index (χ0n) is 18.7. The topological polar surface area (TPSA) is 55.8 Å². The Labute approximate surface area is 167 Å². The van der Waals surface area contributed by atoms with Gasteiger partial charge in [0.1, 0.15) is 6.10 Å². The van der Waals surface area contributed by atoms with Crippen LogP contribution in [0.4, 0.5) is 0 Å². The van der Waals surface area contributed by atoms with Gasteiger partial charge in [-0.2, -0.15) is 0 Å². The van der Waals surface area contributed by atoms with Crippen molar-refractivity contribution in [3.8, 4) is 0 Å². The van der Waals surface area contributed by atoms with Crippen molar-refractivity contribution < 1.29 is 18.8 Å². The Morgan fingerprint density at radius 3 is 2.30 bits per heavy atom. The third-order valence-electron chi connectivity index (χ3n) is 6.48. The van der Waals surface area contributed by atoms with Crippen LogP contribution in [0.2, 0.25) is 37.8 Å². The fourth-order valence-corrected chi connectivity index (χ4v) is 7.50. The summed E-state index contributed by atoms with van der Waals surface area (Å²) in [4.78, 5) is 25.8. The number of β-lactam (4-membered cyclic amide) rings is 1. The lowest BCUT2D eigenvalue weighted by molar-refractivity contribution is -0.156. The molecule has 0 saturated carbocycles. The summed E-state index contributed by atoms with van der Waals surface area (Å²) < 4.78 is 14.1. The first-order chi connectivity index (χ1) is 12.2. The molecule has 2 saturated heterocycles. The first-order valence-corrected chi connectivity index (χ1v) is 16.7. The highest BCUT2D eigenvalue weighted by molar-refractivity contribution is 6.76. The van der Waals surface area contributed by atoms with Gasteiger partial charge in [0.05, 0.1) is 12.0 Å². The maximum atomic E-state index is 13.1. The highest BCUT2D eigenvalue weighted by Gasteiger charge is 2.56. The fourth-order valence-electron chi connectivity index (χ4n) is 4.01. The van der Waals surface area contributed by atoms with Gasteiger partial charge in [-0.05, 0) is 37.9 Å². The zero-order chi connectivity index (χ0) is 20.8. The van der Waals surface area contributed by atoms with Crippen LogP contribution in [0.5, 0.6) is 0 Å². The predicted octanol–water partition coefficient (Wildman–Crippen LogP) is 4.20. The monoisotopic (exact) mass is 413 g/mol. The molecule has 0 aliphatic carbocycles. The number of nitrogens with zero attached hydrogens (tertiary/aromatic N) is 1. The lowest BCUT2D eigenvalue weighted by atomic mass is 9.82. The summed E-state index contributed by atoms with van der Waals surface area (Å²) in [6.07, 6.45) is 1.73. The molecule has 7 heteroatoms. The zero-order valence-corrected chi connectivity index (χ0v) is 20.7. The minimum Gasteiger partial charge on any atom is -0.413 e. The average Bonchev–Trinajstić information content (AvgIpc) is 2.96. The van der Waals surface area contributed by atoms with E-state index in [1.165, 1.54) is 0 Å². The fraction of sp³-hybridized carbons (Fsp3) is 0.900. The van der Waals surface area contributed by atoms with Crippen molar-refractivity contribution in [1.82, 2.24) is 4.57 Å². The van der Waals surface area contributed by atoms with Crippen molar-refractivity contribution in [1.29, 1.82) is 0 Å². The van der Waals surface area contributed by atoms with Crippen LogP contribution in [-0.2, 0) is 18.8 Å². The Balaban J connectivity index is 2.17. The van der Waals surface area contributed by atoms with Crippen molar-refractivity contribution in [2.45, 2.75) is 103 Å². The van der Waals surface area contributed by atoms with Crippen molar-refractivity contribution >= 4 is 28.2 Å². The third kappa shape index (κ3) is 4.74. The molecule has 2 aliphatic rings. The molecule has 0 bridgehead atoms. The van der Waals surface area contributed by atoms with Gasteiger partial charge in [-0.1, -0.05) is 40.4 Å². The maximum Gasteiger partial charge on any atom is 0.222 e. The van der Waals surface area contributed by atoms with Gasteiger partial charge in [-0.3, -0.25) is 9.59 Å². The van der Waals surface area contributed by atoms with E-state index in [2.05, 4.69) is 53.5 Å². The van der Waals surface area contributed by atoms with Gasteiger partial charge in [0.15, 0.2) is 22.3 Å². The van der Waals surface area contributed by atoms with Crippen LogP contribution in [0.1, 0.15) is 47.0 Å². The lowest BCUT2D eigenvalue weighted by Crippen LogP contribution is -2.72. The molecule has 156 valence electrons. The summed E-state index contributed by atoms with van der Waals surface area (Å²) in [6.45, 7) is 20.3. The lowest BCUT2D eigenvalue weighted by Gasteiger charge is -2.56. The van der Waals surface area contributed by atoms with Crippen LogP contribution >= 0.6 is 0 Å². The van der Waals surface area contributed by atoms with E-state index in [-0.39, 0.29) is 40.9 Å².